The fourth-order valence-electron chi connectivity index (χ4n) is 1.44. The maximum atomic E-state index is 5.89. The van der Waals surface area contributed by atoms with Crippen LogP contribution in [0.25, 0.3) is 11.4 Å². The van der Waals surface area contributed by atoms with E-state index in [0.29, 0.717) is 15.5 Å². The van der Waals surface area contributed by atoms with Gasteiger partial charge in [0.05, 0.1) is 12.7 Å². The molecule has 0 spiro atoms. The molecule has 0 amide bonds. The average Bonchev–Trinajstić information content (AvgIpc) is 2.60. The number of aromatic nitrogens is 3. The Labute approximate surface area is 103 Å². The number of benzene rings is 1. The highest BCUT2D eigenvalue weighted by Crippen LogP contribution is 2.30. The topological polar surface area (TPSA) is 42.8 Å². The first-order chi connectivity index (χ1) is 7.63. The smallest absolute Gasteiger partial charge is 0.195 e. The van der Waals surface area contributed by atoms with Crippen LogP contribution in [0.3, 0.4) is 0 Å². The average molecular weight is 256 g/mol. The molecule has 1 aromatic carbocycles. The fourth-order valence-corrected chi connectivity index (χ4v) is 1.73. The summed E-state index contributed by atoms with van der Waals surface area (Å²) in [5.74, 6) is 1.39. The van der Waals surface area contributed by atoms with Gasteiger partial charge in [0, 0.05) is 12.1 Å². The maximum Gasteiger partial charge on any atom is 0.195 e. The molecule has 0 radical (unpaired) electrons. The molecule has 1 heterocycles. The van der Waals surface area contributed by atoms with Gasteiger partial charge >= 0.3 is 0 Å². The minimum Gasteiger partial charge on any atom is -0.496 e. The van der Waals surface area contributed by atoms with E-state index in [1.807, 2.05) is 13.1 Å². The molecule has 0 atom stereocenters. The second-order valence-electron chi connectivity index (χ2n) is 3.26. The van der Waals surface area contributed by atoms with Crippen molar-refractivity contribution in [3.63, 3.8) is 0 Å². The van der Waals surface area contributed by atoms with Gasteiger partial charge in [-0.2, -0.15) is 5.10 Å². The lowest BCUT2D eigenvalue weighted by atomic mass is 10.2. The Morgan fingerprint density at radius 2 is 2.25 bits per heavy atom. The highest BCUT2D eigenvalue weighted by atomic mass is 35.5. The number of rotatable bonds is 2. The van der Waals surface area contributed by atoms with E-state index in [4.69, 9.17) is 28.6 Å². The fraction of sp³-hybridized carbons (Fsp3) is 0.200. The van der Waals surface area contributed by atoms with Gasteiger partial charge in [-0.25, -0.2) is 0 Å². The number of hydrogen-bond donors (Lipinski definition) is 1. The summed E-state index contributed by atoms with van der Waals surface area (Å²) in [5, 5.41) is 7.50. The molecular formula is C10H10ClN3OS. The van der Waals surface area contributed by atoms with Crippen LogP contribution in [0.1, 0.15) is 0 Å². The lowest BCUT2D eigenvalue weighted by Crippen LogP contribution is -1.95. The molecule has 84 valence electrons. The van der Waals surface area contributed by atoms with Crippen LogP contribution in [0.2, 0.25) is 5.02 Å². The molecule has 0 saturated heterocycles. The molecule has 0 fully saturated rings. The zero-order valence-corrected chi connectivity index (χ0v) is 10.4. The summed E-state index contributed by atoms with van der Waals surface area (Å²) >= 11 is 10.9. The van der Waals surface area contributed by atoms with Gasteiger partial charge in [0.1, 0.15) is 5.75 Å². The summed E-state index contributed by atoms with van der Waals surface area (Å²) in [6.07, 6.45) is 0. The molecule has 0 aliphatic rings. The number of halogens is 1. The van der Waals surface area contributed by atoms with E-state index in [1.54, 1.807) is 23.8 Å². The van der Waals surface area contributed by atoms with Crippen LogP contribution >= 0.6 is 23.8 Å². The van der Waals surface area contributed by atoms with Gasteiger partial charge in [-0.15, -0.1) is 0 Å². The molecule has 0 aliphatic heterocycles. The van der Waals surface area contributed by atoms with E-state index >= 15 is 0 Å². The van der Waals surface area contributed by atoms with Crippen molar-refractivity contribution in [3.05, 3.63) is 28.0 Å². The number of aromatic amines is 1. The minimum absolute atomic E-state index is 0.562. The number of nitrogens with zero attached hydrogens (tertiary/aromatic N) is 2. The molecule has 1 aromatic heterocycles. The third kappa shape index (κ3) is 1.83. The highest BCUT2D eigenvalue weighted by Gasteiger charge is 2.11. The summed E-state index contributed by atoms with van der Waals surface area (Å²) in [4.78, 5) is 0. The van der Waals surface area contributed by atoms with Gasteiger partial charge < -0.3 is 9.30 Å². The summed E-state index contributed by atoms with van der Waals surface area (Å²) in [6.45, 7) is 0. The molecule has 0 saturated carbocycles. The van der Waals surface area contributed by atoms with Crippen LogP contribution in [-0.4, -0.2) is 21.9 Å². The van der Waals surface area contributed by atoms with Gasteiger partial charge in [-0.1, -0.05) is 11.6 Å². The quantitative estimate of drug-likeness (QED) is 0.839. The van der Waals surface area contributed by atoms with E-state index in [1.165, 1.54) is 0 Å². The Balaban J connectivity index is 2.64. The van der Waals surface area contributed by atoms with Gasteiger partial charge in [-0.05, 0) is 30.4 Å². The van der Waals surface area contributed by atoms with Crippen molar-refractivity contribution >= 4 is 23.8 Å². The molecule has 2 aromatic rings. The van der Waals surface area contributed by atoms with Crippen LogP contribution in [0.15, 0.2) is 18.2 Å². The molecule has 0 bridgehead atoms. The Morgan fingerprint density at radius 3 is 2.81 bits per heavy atom. The number of nitrogens with one attached hydrogen (secondary N) is 1. The second kappa shape index (κ2) is 4.27. The third-order valence-electron chi connectivity index (χ3n) is 2.28. The van der Waals surface area contributed by atoms with Gasteiger partial charge in [0.15, 0.2) is 10.6 Å². The summed E-state index contributed by atoms with van der Waals surface area (Å²) in [6, 6.07) is 5.39. The first-order valence-electron chi connectivity index (χ1n) is 4.59. The zero-order chi connectivity index (χ0) is 11.7. The van der Waals surface area contributed by atoms with Crippen molar-refractivity contribution in [2.45, 2.75) is 0 Å². The predicted molar refractivity (Wildman–Crippen MR) is 65.4 cm³/mol. The van der Waals surface area contributed by atoms with Crippen LogP contribution < -0.4 is 4.74 Å². The van der Waals surface area contributed by atoms with E-state index in [0.717, 1.165) is 11.4 Å². The molecular weight excluding hydrogens is 246 g/mol. The van der Waals surface area contributed by atoms with Crippen LogP contribution in [-0.2, 0) is 7.05 Å². The second-order valence-corrected chi connectivity index (χ2v) is 4.08. The van der Waals surface area contributed by atoms with E-state index in [-0.39, 0.29) is 0 Å². The lowest BCUT2D eigenvalue weighted by molar-refractivity contribution is 0.416. The van der Waals surface area contributed by atoms with E-state index in [2.05, 4.69) is 10.2 Å². The van der Waals surface area contributed by atoms with Gasteiger partial charge in [0.2, 0.25) is 0 Å². The number of hydrogen-bond acceptors (Lipinski definition) is 3. The van der Waals surface area contributed by atoms with E-state index < -0.39 is 0 Å². The zero-order valence-electron chi connectivity index (χ0n) is 8.82. The predicted octanol–water partition coefficient (Wildman–Crippen LogP) is 2.81. The summed E-state index contributed by atoms with van der Waals surface area (Å²) in [7, 11) is 3.44. The Kier molecular flexibility index (Phi) is 2.98. The summed E-state index contributed by atoms with van der Waals surface area (Å²) in [5.41, 5.74) is 0.849. The third-order valence-corrected chi connectivity index (χ3v) is 2.88. The monoisotopic (exact) mass is 255 g/mol. The first-order valence-corrected chi connectivity index (χ1v) is 5.37. The van der Waals surface area contributed by atoms with Crippen molar-refractivity contribution in [2.24, 2.45) is 7.05 Å². The SMILES string of the molecule is COc1cc(Cl)ccc1-c1n[nH]c(=S)n1C. The largest absolute Gasteiger partial charge is 0.496 e. The molecule has 4 nitrogen and oxygen atoms in total. The van der Waals surface area contributed by atoms with Gasteiger partial charge in [-0.3, -0.25) is 5.10 Å². The maximum absolute atomic E-state index is 5.89. The standard InChI is InChI=1S/C10H10ClN3OS/c1-14-9(12-13-10(14)16)7-4-3-6(11)5-8(7)15-2/h3-5H,1-2H3,(H,13,16). The summed E-state index contributed by atoms with van der Waals surface area (Å²) < 4.78 is 7.60. The molecule has 0 aliphatic carbocycles. The van der Waals surface area contributed by atoms with E-state index in [9.17, 15) is 0 Å². The first kappa shape index (κ1) is 11.2. The highest BCUT2D eigenvalue weighted by molar-refractivity contribution is 7.71. The van der Waals surface area contributed by atoms with Crippen molar-refractivity contribution in [1.82, 2.24) is 14.8 Å². The van der Waals surface area contributed by atoms with Crippen LogP contribution in [0.4, 0.5) is 0 Å². The number of ether oxygens (including phenoxy) is 1. The molecule has 6 heteroatoms. The van der Waals surface area contributed by atoms with Crippen molar-refractivity contribution in [2.75, 3.05) is 7.11 Å². The Bertz CT molecular complexity index is 576. The van der Waals surface area contributed by atoms with Crippen LogP contribution in [0, 0.1) is 4.77 Å². The molecule has 2 rings (SSSR count). The molecule has 16 heavy (non-hydrogen) atoms. The molecule has 0 unspecified atom stereocenters. The van der Waals surface area contributed by atoms with Crippen molar-refractivity contribution in [3.8, 4) is 17.1 Å². The minimum atomic E-state index is 0.562. The number of H-pyrrole nitrogens is 1. The Hall–Kier alpha value is -1.33. The van der Waals surface area contributed by atoms with Crippen LogP contribution in [0.5, 0.6) is 5.75 Å². The lowest BCUT2D eigenvalue weighted by Gasteiger charge is -2.07. The normalized spacial score (nSPS) is 10.4. The number of methoxy groups -OCH3 is 1. The van der Waals surface area contributed by atoms with Crippen molar-refractivity contribution in [1.29, 1.82) is 0 Å². The Morgan fingerprint density at radius 1 is 1.50 bits per heavy atom. The van der Waals surface area contributed by atoms with Gasteiger partial charge in [0.25, 0.3) is 0 Å². The molecule has 1 N–H and O–H groups in total. The van der Waals surface area contributed by atoms with Crippen molar-refractivity contribution < 1.29 is 4.74 Å².